The molecule has 0 aromatic heterocycles. The Kier molecular flexibility index (Phi) is 30.3. The molecule has 0 aliphatic heterocycles. The zero-order chi connectivity index (χ0) is 35.8. The van der Waals surface area contributed by atoms with Crippen molar-refractivity contribution < 1.29 is 0 Å². The van der Waals surface area contributed by atoms with Crippen LogP contribution in [0.25, 0.3) is 0 Å². The Labute approximate surface area is 305 Å². The lowest BCUT2D eigenvalue weighted by atomic mass is 9.90. The molecule has 0 bridgehead atoms. The number of unbranched alkanes of at least 4 members (excludes halogenated alkanes) is 16. The van der Waals surface area contributed by atoms with Gasteiger partial charge in [-0.3, -0.25) is 9.59 Å². The van der Waals surface area contributed by atoms with Gasteiger partial charge in [-0.05, 0) is 50.7 Å². The van der Waals surface area contributed by atoms with E-state index < -0.39 is 5.43 Å². The van der Waals surface area contributed by atoms with Crippen LogP contribution in [-0.4, -0.2) is 38.1 Å². The zero-order valence-electron chi connectivity index (χ0n) is 33.8. The number of rotatable bonds is 38. The molecule has 0 aliphatic rings. The van der Waals surface area contributed by atoms with Gasteiger partial charge in [0.25, 0.3) is 10.9 Å². The van der Waals surface area contributed by atoms with E-state index in [2.05, 4.69) is 43.2 Å². The molecule has 0 saturated carbocycles. The summed E-state index contributed by atoms with van der Waals surface area (Å²) >= 11 is 0. The van der Waals surface area contributed by atoms with Crippen LogP contribution in [0, 0.1) is 11.8 Å². The molecular formula is C44H85N3O2. The molecule has 0 amide bonds. The fraction of sp³-hybridized carbons (Fsp3) is 0.909. The molecule has 2 N–H and O–H groups in total. The maximum atomic E-state index is 11.9. The average molecular weight is 688 g/mol. The van der Waals surface area contributed by atoms with E-state index in [0.29, 0.717) is 11.4 Å². The Bertz CT molecular complexity index is 906. The third kappa shape index (κ3) is 22.9. The van der Waals surface area contributed by atoms with Crippen LogP contribution in [0.3, 0.4) is 0 Å². The van der Waals surface area contributed by atoms with Crippen molar-refractivity contribution in [1.82, 2.24) is 4.90 Å². The molecule has 5 heteroatoms. The van der Waals surface area contributed by atoms with E-state index in [-0.39, 0.29) is 5.43 Å². The molecule has 0 unspecified atom stereocenters. The van der Waals surface area contributed by atoms with Crippen molar-refractivity contribution in [2.24, 2.45) is 11.8 Å². The van der Waals surface area contributed by atoms with Crippen molar-refractivity contribution in [2.75, 3.05) is 43.9 Å². The molecule has 0 spiro atoms. The highest BCUT2D eigenvalue weighted by Crippen LogP contribution is 2.25. The SMILES string of the molecule is CCCCCC(CCCCC)CCCCCCCN(CCCCCCCCCC(CCCC)CCCC)CCCNc1c(NC)c(=O)c1=O. The van der Waals surface area contributed by atoms with Crippen LogP contribution in [-0.2, 0) is 0 Å². The summed E-state index contributed by atoms with van der Waals surface area (Å²) in [6.45, 7) is 13.5. The lowest BCUT2D eigenvalue weighted by Gasteiger charge is -2.23. The van der Waals surface area contributed by atoms with Gasteiger partial charge in [-0.25, -0.2) is 0 Å². The molecule has 0 radical (unpaired) electrons. The minimum absolute atomic E-state index is 0.373. The first kappa shape index (κ1) is 45.7. The average Bonchev–Trinajstić information content (AvgIpc) is 3.11. The number of nitrogens with zero attached hydrogens (tertiary/aromatic N) is 1. The van der Waals surface area contributed by atoms with Gasteiger partial charge in [0.1, 0.15) is 11.4 Å². The summed E-state index contributed by atoms with van der Waals surface area (Å²) < 4.78 is 0. The van der Waals surface area contributed by atoms with Crippen LogP contribution < -0.4 is 21.5 Å². The van der Waals surface area contributed by atoms with Crippen LogP contribution in [0.1, 0.15) is 214 Å². The van der Waals surface area contributed by atoms with Crippen molar-refractivity contribution in [2.45, 2.75) is 214 Å². The predicted octanol–water partition coefficient (Wildman–Crippen LogP) is 12.7. The Morgan fingerprint density at radius 3 is 1.20 bits per heavy atom. The molecule has 5 nitrogen and oxygen atoms in total. The van der Waals surface area contributed by atoms with Crippen molar-refractivity contribution in [3.8, 4) is 0 Å². The van der Waals surface area contributed by atoms with E-state index in [1.165, 1.54) is 193 Å². The van der Waals surface area contributed by atoms with Gasteiger partial charge in [0.05, 0.1) is 0 Å². The van der Waals surface area contributed by atoms with Crippen LogP contribution in [0.15, 0.2) is 9.59 Å². The molecule has 1 rings (SSSR count). The second-order valence-electron chi connectivity index (χ2n) is 15.6. The van der Waals surface area contributed by atoms with Gasteiger partial charge < -0.3 is 15.5 Å². The predicted molar refractivity (Wildman–Crippen MR) is 219 cm³/mol. The normalized spacial score (nSPS) is 11.9. The highest BCUT2D eigenvalue weighted by atomic mass is 16.2. The number of hydrogen-bond acceptors (Lipinski definition) is 5. The molecule has 49 heavy (non-hydrogen) atoms. The molecular weight excluding hydrogens is 603 g/mol. The minimum Gasteiger partial charge on any atom is -0.383 e. The van der Waals surface area contributed by atoms with Crippen molar-refractivity contribution in [1.29, 1.82) is 0 Å². The molecule has 0 fully saturated rings. The topological polar surface area (TPSA) is 61.4 Å². The maximum absolute atomic E-state index is 11.9. The largest absolute Gasteiger partial charge is 0.383 e. The Hall–Kier alpha value is -1.36. The van der Waals surface area contributed by atoms with Gasteiger partial charge in [-0.1, -0.05) is 195 Å². The molecule has 1 aromatic carbocycles. The van der Waals surface area contributed by atoms with Crippen LogP contribution >= 0.6 is 0 Å². The van der Waals surface area contributed by atoms with Crippen LogP contribution in [0.4, 0.5) is 11.4 Å². The summed E-state index contributed by atoms with van der Waals surface area (Å²) in [5.41, 5.74) is 0.165. The summed E-state index contributed by atoms with van der Waals surface area (Å²) in [5, 5.41) is 6.10. The van der Waals surface area contributed by atoms with E-state index in [1.54, 1.807) is 7.05 Å². The molecule has 0 heterocycles. The second kappa shape index (κ2) is 32.5. The summed E-state index contributed by atoms with van der Waals surface area (Å²) in [4.78, 5) is 26.3. The second-order valence-corrected chi connectivity index (χ2v) is 15.6. The summed E-state index contributed by atoms with van der Waals surface area (Å²) in [5.74, 6) is 1.95. The van der Waals surface area contributed by atoms with E-state index >= 15 is 0 Å². The van der Waals surface area contributed by atoms with Crippen molar-refractivity contribution in [3.63, 3.8) is 0 Å². The molecule has 0 atom stereocenters. The first-order valence-electron chi connectivity index (χ1n) is 22.0. The van der Waals surface area contributed by atoms with Crippen molar-refractivity contribution >= 4 is 11.4 Å². The monoisotopic (exact) mass is 688 g/mol. The summed E-state index contributed by atoms with van der Waals surface area (Å²) in [7, 11) is 1.71. The molecule has 0 aliphatic carbocycles. The fourth-order valence-corrected chi connectivity index (χ4v) is 7.82. The van der Waals surface area contributed by atoms with Crippen molar-refractivity contribution in [3.05, 3.63) is 20.4 Å². The number of hydrogen-bond donors (Lipinski definition) is 2. The summed E-state index contributed by atoms with van der Waals surface area (Å²) in [6.07, 6.45) is 40.1. The maximum Gasteiger partial charge on any atom is 0.253 e. The lowest BCUT2D eigenvalue weighted by Crippen LogP contribution is -2.37. The van der Waals surface area contributed by atoms with E-state index in [1.807, 2.05) is 0 Å². The van der Waals surface area contributed by atoms with Gasteiger partial charge in [-0.2, -0.15) is 0 Å². The first-order valence-corrected chi connectivity index (χ1v) is 22.0. The molecule has 1 aromatic rings. The van der Waals surface area contributed by atoms with Gasteiger partial charge in [0.15, 0.2) is 0 Å². The van der Waals surface area contributed by atoms with E-state index in [0.717, 1.165) is 31.3 Å². The Morgan fingerprint density at radius 2 is 0.776 bits per heavy atom. The molecule has 288 valence electrons. The van der Waals surface area contributed by atoms with Crippen LogP contribution in [0.2, 0.25) is 0 Å². The quantitative estimate of drug-likeness (QED) is 0.0535. The van der Waals surface area contributed by atoms with Crippen LogP contribution in [0.5, 0.6) is 0 Å². The summed E-state index contributed by atoms with van der Waals surface area (Å²) in [6, 6.07) is 0. The third-order valence-electron chi connectivity index (χ3n) is 11.2. The molecule has 0 saturated heterocycles. The van der Waals surface area contributed by atoms with Gasteiger partial charge in [0.2, 0.25) is 0 Å². The standard InChI is InChI=1S/C44H85N3O2/c1-6-10-22-31-40(32-23-11-7-2)34-25-19-17-21-27-37-47(38-28-35-46-42-41(45-5)43(48)44(42)49)36-26-20-16-14-15-18-24-33-39(29-12-8-3)30-13-9-4/h39-40,45-46H,6-38H2,1-5H3. The number of anilines is 2. The smallest absolute Gasteiger partial charge is 0.253 e. The van der Waals surface area contributed by atoms with E-state index in [9.17, 15) is 9.59 Å². The Morgan fingerprint density at radius 1 is 0.429 bits per heavy atom. The first-order chi connectivity index (χ1) is 24.0. The van der Waals surface area contributed by atoms with E-state index in [4.69, 9.17) is 0 Å². The minimum atomic E-state index is -0.390. The highest BCUT2D eigenvalue weighted by Gasteiger charge is 2.19. The fourth-order valence-electron chi connectivity index (χ4n) is 7.82. The van der Waals surface area contributed by atoms with Gasteiger partial charge in [0, 0.05) is 13.6 Å². The van der Waals surface area contributed by atoms with Gasteiger partial charge in [-0.15, -0.1) is 0 Å². The Balaban J connectivity index is 2.35. The van der Waals surface area contributed by atoms with Gasteiger partial charge >= 0.3 is 0 Å². The lowest BCUT2D eigenvalue weighted by molar-refractivity contribution is 0.259. The zero-order valence-corrected chi connectivity index (χ0v) is 33.8. The number of nitrogens with one attached hydrogen (secondary N) is 2. The highest BCUT2D eigenvalue weighted by molar-refractivity contribution is 5.73. The third-order valence-corrected chi connectivity index (χ3v) is 11.2.